The predicted octanol–water partition coefficient (Wildman–Crippen LogP) is 5.54. The number of nitrogens with one attached hydrogen (secondary N) is 1. The molecule has 0 bridgehead atoms. The van der Waals surface area contributed by atoms with Crippen LogP contribution in [0.3, 0.4) is 0 Å². The molecule has 1 atom stereocenters. The summed E-state index contributed by atoms with van der Waals surface area (Å²) in [6, 6.07) is 8.36. The molecule has 0 saturated carbocycles. The number of hydrogen-bond acceptors (Lipinski definition) is 5. The van der Waals surface area contributed by atoms with E-state index in [1.165, 1.54) is 0 Å². The van der Waals surface area contributed by atoms with Gasteiger partial charge in [0.25, 0.3) is 0 Å². The third-order valence-corrected chi connectivity index (χ3v) is 7.93. The molecule has 0 spiro atoms. The second-order valence-electron chi connectivity index (χ2n) is 10.5. The van der Waals surface area contributed by atoms with E-state index in [9.17, 15) is 9.59 Å². The molecule has 0 aliphatic carbocycles. The van der Waals surface area contributed by atoms with E-state index in [4.69, 9.17) is 5.10 Å². The number of aromatic nitrogens is 2. The molecule has 1 aliphatic heterocycles. The summed E-state index contributed by atoms with van der Waals surface area (Å²) >= 11 is 3.26. The molecule has 6 nitrogen and oxygen atoms in total. The number of anilines is 1. The van der Waals surface area contributed by atoms with Crippen LogP contribution >= 0.6 is 23.1 Å². The molecule has 4 rings (SSSR count). The summed E-state index contributed by atoms with van der Waals surface area (Å²) < 4.78 is 1.90. The van der Waals surface area contributed by atoms with Crippen molar-refractivity contribution < 1.29 is 9.59 Å². The summed E-state index contributed by atoms with van der Waals surface area (Å²) in [7, 11) is 0. The Labute approximate surface area is 216 Å². The SMILES string of the molecule is Cc1ccc(-n2nc(C(C)(C)C)c3c2N(CC(=O)NC(C)C)C(=O)CSC3c2ccsc2)c(C)c1. The Kier molecular flexibility index (Phi) is 7.16. The number of nitrogens with zero attached hydrogens (tertiary/aromatic N) is 3. The van der Waals surface area contributed by atoms with Crippen molar-refractivity contribution in [1.82, 2.24) is 15.1 Å². The molecule has 186 valence electrons. The molecule has 1 unspecified atom stereocenters. The topological polar surface area (TPSA) is 67.2 Å². The number of hydrogen-bond donors (Lipinski definition) is 1. The summed E-state index contributed by atoms with van der Waals surface area (Å²) in [5, 5.41) is 12.3. The maximum absolute atomic E-state index is 13.6. The lowest BCUT2D eigenvalue weighted by Gasteiger charge is -2.25. The number of carbonyl (C=O) groups is 2. The summed E-state index contributed by atoms with van der Waals surface area (Å²) in [6.07, 6.45) is 0. The standard InChI is InChI=1S/C27H34N4O2S2/c1-16(2)28-21(32)13-30-22(33)15-35-24(19-10-11-34-14-19)23-25(27(5,6)7)29-31(26(23)30)20-9-8-17(3)12-18(20)4/h8-12,14,16,24H,13,15H2,1-7H3,(H,28,32). The summed E-state index contributed by atoms with van der Waals surface area (Å²) in [5.41, 5.74) is 6.01. The minimum Gasteiger partial charge on any atom is -0.352 e. The number of amides is 2. The Morgan fingerprint density at radius 2 is 1.97 bits per heavy atom. The molecule has 0 radical (unpaired) electrons. The molecule has 2 amide bonds. The van der Waals surface area contributed by atoms with Crippen molar-refractivity contribution in [2.75, 3.05) is 17.2 Å². The number of benzene rings is 1. The maximum atomic E-state index is 13.6. The highest BCUT2D eigenvalue weighted by Gasteiger charge is 2.40. The van der Waals surface area contributed by atoms with Crippen LogP contribution in [-0.4, -0.2) is 39.9 Å². The number of aryl methyl sites for hydroxylation is 2. The monoisotopic (exact) mass is 510 g/mol. The lowest BCUT2D eigenvalue weighted by molar-refractivity contribution is -0.123. The average Bonchev–Trinajstić information content (AvgIpc) is 3.38. The van der Waals surface area contributed by atoms with Gasteiger partial charge in [0.1, 0.15) is 12.4 Å². The lowest BCUT2D eigenvalue weighted by atomic mass is 9.87. The fraction of sp³-hybridized carbons (Fsp3) is 0.444. The molecule has 8 heteroatoms. The van der Waals surface area contributed by atoms with Gasteiger partial charge in [-0.2, -0.15) is 16.4 Å². The zero-order valence-corrected chi connectivity index (χ0v) is 23.1. The summed E-state index contributed by atoms with van der Waals surface area (Å²) in [6.45, 7) is 14.4. The van der Waals surface area contributed by atoms with E-state index in [1.54, 1.807) is 28.0 Å². The highest BCUT2D eigenvalue weighted by atomic mass is 32.2. The number of fused-ring (bicyclic) bond motifs is 1. The van der Waals surface area contributed by atoms with Gasteiger partial charge < -0.3 is 5.32 Å². The first-order valence-electron chi connectivity index (χ1n) is 11.9. The van der Waals surface area contributed by atoms with E-state index in [1.807, 2.05) is 18.5 Å². The van der Waals surface area contributed by atoms with Crippen molar-refractivity contribution in [1.29, 1.82) is 0 Å². The number of thioether (sulfide) groups is 1. The van der Waals surface area contributed by atoms with Gasteiger partial charge in [-0.25, -0.2) is 4.68 Å². The minimum absolute atomic E-state index is 0.00799. The minimum atomic E-state index is -0.262. The first-order valence-corrected chi connectivity index (χ1v) is 13.9. The zero-order chi connectivity index (χ0) is 25.5. The van der Waals surface area contributed by atoms with Crippen LogP contribution in [-0.2, 0) is 15.0 Å². The molecule has 0 saturated heterocycles. The quantitative estimate of drug-likeness (QED) is 0.489. The van der Waals surface area contributed by atoms with Crippen molar-refractivity contribution >= 4 is 40.7 Å². The second-order valence-corrected chi connectivity index (χ2v) is 12.4. The van der Waals surface area contributed by atoms with Gasteiger partial charge in [-0.1, -0.05) is 38.5 Å². The van der Waals surface area contributed by atoms with Gasteiger partial charge in [0.2, 0.25) is 11.8 Å². The van der Waals surface area contributed by atoms with Crippen molar-refractivity contribution in [2.24, 2.45) is 0 Å². The van der Waals surface area contributed by atoms with Crippen molar-refractivity contribution in [3.8, 4) is 5.69 Å². The van der Waals surface area contributed by atoms with Gasteiger partial charge in [-0.15, -0.1) is 11.8 Å². The van der Waals surface area contributed by atoms with Crippen LogP contribution in [0.5, 0.6) is 0 Å². The van der Waals surface area contributed by atoms with Crippen LogP contribution in [0.15, 0.2) is 35.0 Å². The maximum Gasteiger partial charge on any atom is 0.240 e. The van der Waals surface area contributed by atoms with Crippen LogP contribution in [0.4, 0.5) is 5.82 Å². The third-order valence-electron chi connectivity index (χ3n) is 5.98. The molecule has 3 aromatic rings. The molecule has 2 aromatic heterocycles. The van der Waals surface area contributed by atoms with Gasteiger partial charge in [0.15, 0.2) is 0 Å². The van der Waals surface area contributed by atoms with Crippen LogP contribution in [0, 0.1) is 13.8 Å². The van der Waals surface area contributed by atoms with Crippen molar-refractivity contribution in [3.05, 3.63) is 63.0 Å². The van der Waals surface area contributed by atoms with Crippen molar-refractivity contribution in [2.45, 2.75) is 65.2 Å². The highest BCUT2D eigenvalue weighted by Crippen LogP contribution is 2.48. The number of carbonyl (C=O) groups excluding carboxylic acids is 2. The molecule has 1 aliphatic rings. The van der Waals surface area contributed by atoms with E-state index < -0.39 is 0 Å². The van der Waals surface area contributed by atoms with Gasteiger partial charge in [0, 0.05) is 17.0 Å². The third kappa shape index (κ3) is 5.19. The normalized spacial score (nSPS) is 16.4. The molecule has 3 heterocycles. The number of thiophene rings is 1. The van der Waals surface area contributed by atoms with Crippen LogP contribution < -0.4 is 10.2 Å². The second kappa shape index (κ2) is 9.82. The van der Waals surface area contributed by atoms with Crippen LogP contribution in [0.25, 0.3) is 5.69 Å². The predicted molar refractivity (Wildman–Crippen MR) is 146 cm³/mol. The highest BCUT2D eigenvalue weighted by molar-refractivity contribution is 8.00. The Bertz CT molecular complexity index is 1240. The fourth-order valence-electron chi connectivity index (χ4n) is 4.48. The summed E-state index contributed by atoms with van der Waals surface area (Å²) in [4.78, 5) is 28.2. The van der Waals surface area contributed by atoms with Crippen LogP contribution in [0.1, 0.15) is 67.8 Å². The van der Waals surface area contributed by atoms with E-state index >= 15 is 0 Å². The van der Waals surface area contributed by atoms with E-state index in [-0.39, 0.29) is 35.1 Å². The lowest BCUT2D eigenvalue weighted by Crippen LogP contribution is -2.44. The Hall–Kier alpha value is -2.58. The Balaban J connectivity index is 2.02. The molecule has 0 fully saturated rings. The van der Waals surface area contributed by atoms with E-state index in [2.05, 4.69) is 75.0 Å². The Morgan fingerprint density at radius 3 is 2.57 bits per heavy atom. The average molecular weight is 511 g/mol. The van der Waals surface area contributed by atoms with Gasteiger partial charge in [-0.3, -0.25) is 14.5 Å². The van der Waals surface area contributed by atoms with Gasteiger partial charge in [0.05, 0.1) is 22.4 Å². The van der Waals surface area contributed by atoms with Crippen LogP contribution in [0.2, 0.25) is 0 Å². The molecular weight excluding hydrogens is 476 g/mol. The Morgan fingerprint density at radius 1 is 1.23 bits per heavy atom. The molecule has 1 N–H and O–H groups in total. The molecular formula is C27H34N4O2S2. The van der Waals surface area contributed by atoms with E-state index in [0.717, 1.165) is 33.6 Å². The zero-order valence-electron chi connectivity index (χ0n) is 21.5. The first-order chi connectivity index (χ1) is 16.5. The fourth-order valence-corrected chi connectivity index (χ4v) is 6.44. The first kappa shape index (κ1) is 25.5. The van der Waals surface area contributed by atoms with Gasteiger partial charge in [-0.05, 0) is 61.7 Å². The molecule has 1 aromatic carbocycles. The molecule has 35 heavy (non-hydrogen) atoms. The number of rotatable bonds is 5. The van der Waals surface area contributed by atoms with Crippen molar-refractivity contribution in [3.63, 3.8) is 0 Å². The van der Waals surface area contributed by atoms with E-state index in [0.29, 0.717) is 11.6 Å². The summed E-state index contributed by atoms with van der Waals surface area (Å²) in [5.74, 6) is 0.732. The largest absolute Gasteiger partial charge is 0.352 e. The smallest absolute Gasteiger partial charge is 0.240 e. The van der Waals surface area contributed by atoms with Gasteiger partial charge >= 0.3 is 0 Å².